The van der Waals surface area contributed by atoms with Crippen LogP contribution in [0, 0.1) is 19.3 Å². The predicted octanol–water partition coefficient (Wildman–Crippen LogP) is 3.64. The first-order valence-corrected chi connectivity index (χ1v) is 8.07. The minimum Gasteiger partial charge on any atom is -0.310 e. The summed E-state index contributed by atoms with van der Waals surface area (Å²) >= 11 is 0. The molecule has 0 amide bonds. The predicted molar refractivity (Wildman–Crippen MR) is 88.7 cm³/mol. The average Bonchev–Trinajstić information content (AvgIpc) is 2.35. The third kappa shape index (κ3) is 5.62. The van der Waals surface area contributed by atoms with Crippen LogP contribution in [0.1, 0.15) is 76.5 Å². The van der Waals surface area contributed by atoms with E-state index < -0.39 is 0 Å². The van der Waals surface area contributed by atoms with Gasteiger partial charge >= 0.3 is 0 Å². The van der Waals surface area contributed by atoms with Crippen molar-refractivity contribution in [3.63, 3.8) is 0 Å². The number of nitrogens with one attached hydrogen (secondary N) is 2. The van der Waals surface area contributed by atoms with E-state index in [1.165, 1.54) is 25.7 Å². The maximum absolute atomic E-state index is 12.1. The third-order valence-corrected chi connectivity index (χ3v) is 4.04. The fourth-order valence-corrected chi connectivity index (χ4v) is 2.72. The first-order chi connectivity index (χ1) is 9.76. The van der Waals surface area contributed by atoms with Gasteiger partial charge in [-0.1, -0.05) is 40.0 Å². The summed E-state index contributed by atoms with van der Waals surface area (Å²) in [7, 11) is 0. The van der Waals surface area contributed by atoms with Gasteiger partial charge in [-0.15, -0.1) is 0 Å². The number of H-pyrrole nitrogens is 1. The van der Waals surface area contributed by atoms with Gasteiger partial charge in [0.2, 0.25) is 0 Å². The molecule has 1 heterocycles. The summed E-state index contributed by atoms with van der Waals surface area (Å²) in [6.07, 6.45) is 5.02. The Labute approximate surface area is 128 Å². The van der Waals surface area contributed by atoms with Crippen molar-refractivity contribution in [3.8, 4) is 0 Å². The highest BCUT2D eigenvalue weighted by atomic mass is 16.1. The van der Waals surface area contributed by atoms with Crippen LogP contribution in [0.2, 0.25) is 0 Å². The largest absolute Gasteiger partial charge is 0.310 e. The fourth-order valence-electron chi connectivity index (χ4n) is 2.72. The van der Waals surface area contributed by atoms with Gasteiger partial charge in [-0.2, -0.15) is 0 Å². The van der Waals surface area contributed by atoms with Crippen molar-refractivity contribution in [3.05, 3.63) is 27.4 Å². The molecule has 4 nitrogen and oxygen atoms in total. The maximum atomic E-state index is 12.1. The molecule has 21 heavy (non-hydrogen) atoms. The first-order valence-electron chi connectivity index (χ1n) is 8.07. The van der Waals surface area contributed by atoms with Crippen LogP contribution in [0.5, 0.6) is 0 Å². The van der Waals surface area contributed by atoms with Crippen LogP contribution in [0.15, 0.2) is 4.79 Å². The first kappa shape index (κ1) is 17.9. The Morgan fingerprint density at radius 1 is 1.29 bits per heavy atom. The number of aromatic amines is 1. The number of unbranched alkanes of at least 4 members (excludes halogenated alkanes) is 2. The minimum atomic E-state index is -0.0243. The fraction of sp³-hybridized carbons (Fsp3) is 0.765. The van der Waals surface area contributed by atoms with Crippen molar-refractivity contribution < 1.29 is 0 Å². The van der Waals surface area contributed by atoms with E-state index >= 15 is 0 Å². The summed E-state index contributed by atoms with van der Waals surface area (Å²) in [5.41, 5.74) is 1.80. The number of nitrogens with zero attached hydrogens (tertiary/aromatic N) is 1. The molecule has 1 aromatic heterocycles. The van der Waals surface area contributed by atoms with Gasteiger partial charge in [0.05, 0.1) is 5.56 Å². The second-order valence-electron chi connectivity index (χ2n) is 6.87. The molecule has 2 N–H and O–H groups in total. The average molecular weight is 293 g/mol. The Balaban J connectivity index is 2.66. The van der Waals surface area contributed by atoms with E-state index in [9.17, 15) is 4.79 Å². The van der Waals surface area contributed by atoms with Crippen LogP contribution in [0.4, 0.5) is 0 Å². The lowest BCUT2D eigenvalue weighted by Crippen LogP contribution is -2.34. The summed E-state index contributed by atoms with van der Waals surface area (Å²) in [6.45, 7) is 13.5. The van der Waals surface area contributed by atoms with Crippen molar-refractivity contribution in [2.24, 2.45) is 5.41 Å². The van der Waals surface area contributed by atoms with Crippen LogP contribution in [-0.4, -0.2) is 16.5 Å². The minimum absolute atomic E-state index is 0.0206. The van der Waals surface area contributed by atoms with Gasteiger partial charge in [0.1, 0.15) is 5.82 Å². The molecule has 0 spiro atoms. The van der Waals surface area contributed by atoms with Gasteiger partial charge in [-0.05, 0) is 32.6 Å². The molecule has 0 aliphatic rings. The zero-order valence-corrected chi connectivity index (χ0v) is 14.5. The summed E-state index contributed by atoms with van der Waals surface area (Å²) in [5, 5.41) is 3.51. The van der Waals surface area contributed by atoms with E-state index in [4.69, 9.17) is 0 Å². The van der Waals surface area contributed by atoms with E-state index in [2.05, 4.69) is 36.1 Å². The van der Waals surface area contributed by atoms with Crippen molar-refractivity contribution >= 4 is 0 Å². The van der Waals surface area contributed by atoms with Gasteiger partial charge in [0, 0.05) is 18.3 Å². The quantitative estimate of drug-likeness (QED) is 0.719. The van der Waals surface area contributed by atoms with Crippen LogP contribution >= 0.6 is 0 Å². The molecule has 0 saturated heterocycles. The molecule has 0 aromatic carbocycles. The number of aromatic nitrogens is 2. The zero-order valence-electron chi connectivity index (χ0n) is 14.5. The maximum Gasteiger partial charge on any atom is 0.255 e. The van der Waals surface area contributed by atoms with Crippen LogP contribution in [-0.2, 0) is 0 Å². The smallest absolute Gasteiger partial charge is 0.255 e. The summed E-state index contributed by atoms with van der Waals surface area (Å²) in [5.74, 6) is 0.674. The van der Waals surface area contributed by atoms with E-state index in [0.717, 1.165) is 17.8 Å². The zero-order chi connectivity index (χ0) is 16.0. The molecule has 4 heteroatoms. The van der Waals surface area contributed by atoms with E-state index in [1.807, 2.05) is 20.8 Å². The van der Waals surface area contributed by atoms with Crippen molar-refractivity contribution in [1.29, 1.82) is 0 Å². The van der Waals surface area contributed by atoms with E-state index in [0.29, 0.717) is 5.82 Å². The highest BCUT2D eigenvalue weighted by Gasteiger charge is 2.20. The standard InChI is InChI=1S/C17H31N3O/c1-7-8-9-10-17(5,6)11-18-12(2)15-13(3)19-14(4)20-16(15)21/h12,18H,7-11H2,1-6H3,(H,19,20,21). The van der Waals surface area contributed by atoms with E-state index in [-0.39, 0.29) is 17.0 Å². The van der Waals surface area contributed by atoms with Gasteiger partial charge < -0.3 is 10.3 Å². The summed E-state index contributed by atoms with van der Waals surface area (Å²) < 4.78 is 0. The Morgan fingerprint density at radius 2 is 1.95 bits per heavy atom. The highest BCUT2D eigenvalue weighted by Crippen LogP contribution is 2.24. The molecular weight excluding hydrogens is 262 g/mol. The number of aryl methyl sites for hydroxylation is 2. The molecule has 0 fully saturated rings. The molecule has 0 aliphatic carbocycles. The van der Waals surface area contributed by atoms with Gasteiger partial charge in [0.15, 0.2) is 0 Å². The number of rotatable bonds is 8. The second kappa shape index (κ2) is 7.74. The SMILES string of the molecule is CCCCCC(C)(C)CNC(C)c1c(C)nc(C)[nH]c1=O. The lowest BCUT2D eigenvalue weighted by Gasteiger charge is -2.27. The molecule has 0 radical (unpaired) electrons. The second-order valence-corrected chi connectivity index (χ2v) is 6.87. The molecule has 1 unspecified atom stereocenters. The normalized spacial score (nSPS) is 13.4. The Morgan fingerprint density at radius 3 is 2.52 bits per heavy atom. The Hall–Kier alpha value is -1.16. The monoisotopic (exact) mass is 293 g/mol. The van der Waals surface area contributed by atoms with Gasteiger partial charge in [-0.25, -0.2) is 4.98 Å². The van der Waals surface area contributed by atoms with Crippen LogP contribution in [0.25, 0.3) is 0 Å². The Kier molecular flexibility index (Phi) is 6.59. The van der Waals surface area contributed by atoms with Gasteiger partial charge in [0.25, 0.3) is 5.56 Å². The number of hydrogen-bond acceptors (Lipinski definition) is 3. The molecule has 0 bridgehead atoms. The molecule has 1 atom stereocenters. The summed E-state index contributed by atoms with van der Waals surface area (Å²) in [4.78, 5) is 19.3. The molecule has 1 rings (SSSR count). The lowest BCUT2D eigenvalue weighted by atomic mass is 9.86. The molecule has 0 aliphatic heterocycles. The lowest BCUT2D eigenvalue weighted by molar-refractivity contribution is 0.290. The highest BCUT2D eigenvalue weighted by molar-refractivity contribution is 5.20. The third-order valence-electron chi connectivity index (χ3n) is 4.04. The van der Waals surface area contributed by atoms with Crippen molar-refractivity contribution in [1.82, 2.24) is 15.3 Å². The van der Waals surface area contributed by atoms with E-state index in [1.54, 1.807) is 0 Å². The molecule has 120 valence electrons. The topological polar surface area (TPSA) is 57.8 Å². The van der Waals surface area contributed by atoms with Crippen LogP contribution in [0.3, 0.4) is 0 Å². The van der Waals surface area contributed by atoms with Crippen LogP contribution < -0.4 is 10.9 Å². The molecule has 1 aromatic rings. The van der Waals surface area contributed by atoms with Crippen molar-refractivity contribution in [2.45, 2.75) is 73.3 Å². The van der Waals surface area contributed by atoms with Crippen molar-refractivity contribution in [2.75, 3.05) is 6.54 Å². The summed E-state index contributed by atoms with van der Waals surface area (Å²) in [6, 6.07) is 0.0206. The Bertz CT molecular complexity index is 505. The van der Waals surface area contributed by atoms with Gasteiger partial charge in [-0.3, -0.25) is 4.79 Å². The molecule has 0 saturated carbocycles. The molecular formula is C17H31N3O. The number of hydrogen-bond donors (Lipinski definition) is 2.